The number of hydrogen-bond donors (Lipinski definition) is 0. The fraction of sp³-hybridized carbons (Fsp3) is 0.130. The Morgan fingerprint density at radius 3 is 2.67 bits per heavy atom. The molecule has 0 unspecified atom stereocenters. The van der Waals surface area contributed by atoms with Gasteiger partial charge in [-0.15, -0.1) is 5.10 Å². The van der Waals surface area contributed by atoms with Crippen molar-refractivity contribution < 1.29 is 9.53 Å². The first kappa shape index (κ1) is 22.9. The van der Waals surface area contributed by atoms with E-state index in [4.69, 9.17) is 46.1 Å². The Bertz CT molecular complexity index is 1400. The van der Waals surface area contributed by atoms with Crippen LogP contribution in [-0.2, 0) is 17.9 Å². The van der Waals surface area contributed by atoms with E-state index in [2.05, 4.69) is 15.2 Å². The molecule has 0 atom stereocenters. The average Bonchev–Trinajstić information content (AvgIpc) is 3.19. The molecule has 0 aliphatic carbocycles. The van der Waals surface area contributed by atoms with E-state index in [1.807, 2.05) is 18.2 Å². The standard InChI is InChI=1S/C23H16Cl3N5O2/c1-27-16-9-15(24)10-17(11-16)33-23-19(26)7-8-20-22(23)28-29-31(20)13-21(32)30(2)12-14-5-3-4-6-18(14)25/h3-11H,12-13H2,2H3. The number of fused-ring (bicyclic) bond motifs is 1. The van der Waals surface area contributed by atoms with Gasteiger partial charge in [-0.25, -0.2) is 9.53 Å². The van der Waals surface area contributed by atoms with E-state index in [-0.39, 0.29) is 18.2 Å². The van der Waals surface area contributed by atoms with Crippen molar-refractivity contribution in [2.75, 3.05) is 7.05 Å². The van der Waals surface area contributed by atoms with Crippen LogP contribution in [0.5, 0.6) is 11.5 Å². The predicted octanol–water partition coefficient (Wildman–Crippen LogP) is 6.39. The first-order chi connectivity index (χ1) is 15.9. The number of hydrogen-bond acceptors (Lipinski definition) is 4. The number of halogens is 3. The van der Waals surface area contributed by atoms with Crippen LogP contribution in [0.15, 0.2) is 54.6 Å². The molecule has 0 radical (unpaired) electrons. The van der Waals surface area contributed by atoms with Crippen LogP contribution in [0.1, 0.15) is 5.56 Å². The van der Waals surface area contributed by atoms with Gasteiger partial charge in [0.25, 0.3) is 0 Å². The lowest BCUT2D eigenvalue weighted by atomic mass is 10.2. The SMILES string of the molecule is [C-]#[N+]c1cc(Cl)cc(Oc2c(Cl)ccc3c2nnn3CC(=O)N(C)Cc2ccccc2Cl)c1. The molecule has 0 fully saturated rings. The maximum Gasteiger partial charge on any atom is 0.244 e. The van der Waals surface area contributed by atoms with Crippen LogP contribution in [0.3, 0.4) is 0 Å². The Morgan fingerprint density at radius 2 is 1.91 bits per heavy atom. The molecule has 1 heterocycles. The molecule has 4 aromatic rings. The topological polar surface area (TPSA) is 64.6 Å². The zero-order chi connectivity index (χ0) is 23.5. The first-order valence-electron chi connectivity index (χ1n) is 9.70. The Kier molecular flexibility index (Phi) is 6.70. The van der Waals surface area contributed by atoms with Gasteiger partial charge in [0.05, 0.1) is 17.1 Å². The van der Waals surface area contributed by atoms with E-state index in [1.165, 1.54) is 10.7 Å². The van der Waals surface area contributed by atoms with Gasteiger partial charge in [-0.1, -0.05) is 58.2 Å². The highest BCUT2D eigenvalue weighted by atomic mass is 35.5. The third-order valence-corrected chi connectivity index (χ3v) is 5.76. The summed E-state index contributed by atoms with van der Waals surface area (Å²) in [6.07, 6.45) is 0. The number of aromatic nitrogens is 3. The van der Waals surface area contributed by atoms with Crippen LogP contribution in [0.4, 0.5) is 5.69 Å². The largest absolute Gasteiger partial charge is 0.455 e. The van der Waals surface area contributed by atoms with E-state index in [9.17, 15) is 4.79 Å². The van der Waals surface area contributed by atoms with Gasteiger partial charge in [0.15, 0.2) is 17.0 Å². The van der Waals surface area contributed by atoms with Crippen molar-refractivity contribution in [2.24, 2.45) is 0 Å². The van der Waals surface area contributed by atoms with Crippen LogP contribution >= 0.6 is 34.8 Å². The van der Waals surface area contributed by atoms with Gasteiger partial charge in [-0.2, -0.15) is 0 Å². The molecule has 0 N–H and O–H groups in total. The molecule has 0 saturated heterocycles. The number of benzene rings is 3. The quantitative estimate of drug-likeness (QED) is 0.288. The summed E-state index contributed by atoms with van der Waals surface area (Å²) in [7, 11) is 1.70. The molecular weight excluding hydrogens is 485 g/mol. The molecule has 7 nitrogen and oxygen atoms in total. The molecule has 0 bridgehead atoms. The Balaban J connectivity index is 1.58. The molecule has 4 rings (SSSR count). The van der Waals surface area contributed by atoms with E-state index < -0.39 is 0 Å². The Labute approximate surface area is 204 Å². The van der Waals surface area contributed by atoms with E-state index in [0.29, 0.717) is 44.1 Å². The monoisotopic (exact) mass is 499 g/mol. The van der Waals surface area contributed by atoms with Gasteiger partial charge in [0.2, 0.25) is 5.91 Å². The molecule has 1 aromatic heterocycles. The summed E-state index contributed by atoms with van der Waals surface area (Å²) in [4.78, 5) is 17.8. The lowest BCUT2D eigenvalue weighted by molar-refractivity contribution is -0.131. The van der Waals surface area contributed by atoms with E-state index in [1.54, 1.807) is 42.3 Å². The average molecular weight is 501 g/mol. The summed E-state index contributed by atoms with van der Waals surface area (Å²) in [5, 5.41) is 9.55. The van der Waals surface area contributed by atoms with Gasteiger partial charge < -0.3 is 9.64 Å². The van der Waals surface area contributed by atoms with Gasteiger partial charge >= 0.3 is 0 Å². The summed E-state index contributed by atoms with van der Waals surface area (Å²) in [6, 6.07) is 15.4. The summed E-state index contributed by atoms with van der Waals surface area (Å²) < 4.78 is 7.40. The highest BCUT2D eigenvalue weighted by Gasteiger charge is 2.19. The smallest absolute Gasteiger partial charge is 0.244 e. The normalized spacial score (nSPS) is 10.8. The molecule has 166 valence electrons. The Hall–Kier alpha value is -3.31. The van der Waals surface area contributed by atoms with Crippen LogP contribution in [0.25, 0.3) is 15.9 Å². The number of rotatable bonds is 6. The van der Waals surface area contributed by atoms with E-state index in [0.717, 1.165) is 5.56 Å². The number of carbonyl (C=O) groups is 1. The fourth-order valence-electron chi connectivity index (χ4n) is 3.21. The van der Waals surface area contributed by atoms with Gasteiger partial charge in [0, 0.05) is 23.6 Å². The number of likely N-dealkylation sites (N-methyl/N-ethyl adjacent to an activating group) is 1. The van der Waals surface area contributed by atoms with Crippen molar-refractivity contribution in [3.63, 3.8) is 0 Å². The Morgan fingerprint density at radius 1 is 1.12 bits per heavy atom. The molecule has 0 aliphatic heterocycles. The lowest BCUT2D eigenvalue weighted by Crippen LogP contribution is -2.30. The van der Waals surface area contributed by atoms with Crippen LogP contribution in [0.2, 0.25) is 15.1 Å². The van der Waals surface area contributed by atoms with Crippen molar-refractivity contribution in [3.8, 4) is 11.5 Å². The maximum atomic E-state index is 12.8. The summed E-state index contributed by atoms with van der Waals surface area (Å²) in [6.45, 7) is 7.53. The second-order valence-electron chi connectivity index (χ2n) is 7.19. The molecule has 0 saturated carbocycles. The van der Waals surface area contributed by atoms with Crippen molar-refractivity contribution in [1.82, 2.24) is 19.9 Å². The molecule has 0 spiro atoms. The number of amides is 1. The van der Waals surface area contributed by atoms with Crippen LogP contribution < -0.4 is 4.74 Å². The van der Waals surface area contributed by atoms with Crippen molar-refractivity contribution in [3.05, 3.63) is 86.6 Å². The second-order valence-corrected chi connectivity index (χ2v) is 8.44. The minimum absolute atomic E-state index is 0.0302. The third kappa shape index (κ3) is 5.04. The summed E-state index contributed by atoms with van der Waals surface area (Å²) >= 11 is 18.6. The first-order valence-corrected chi connectivity index (χ1v) is 10.8. The molecule has 10 heteroatoms. The number of nitrogens with zero attached hydrogens (tertiary/aromatic N) is 5. The van der Waals surface area contributed by atoms with Crippen molar-refractivity contribution in [1.29, 1.82) is 0 Å². The van der Waals surface area contributed by atoms with E-state index >= 15 is 0 Å². The zero-order valence-electron chi connectivity index (χ0n) is 17.3. The minimum atomic E-state index is -0.171. The second kappa shape index (κ2) is 9.67. The van der Waals surface area contributed by atoms with Gasteiger partial charge in [-0.05, 0) is 42.0 Å². The molecular formula is C23H16Cl3N5O2. The zero-order valence-corrected chi connectivity index (χ0v) is 19.6. The minimum Gasteiger partial charge on any atom is -0.455 e. The van der Waals surface area contributed by atoms with Gasteiger partial charge in [-0.3, -0.25) is 4.79 Å². The summed E-state index contributed by atoms with van der Waals surface area (Å²) in [5.74, 6) is 0.430. The van der Waals surface area contributed by atoms with Crippen molar-refractivity contribution >= 4 is 57.4 Å². The number of carbonyl (C=O) groups excluding carboxylic acids is 1. The fourth-order valence-corrected chi connectivity index (χ4v) is 3.82. The number of ether oxygens (including phenoxy) is 1. The predicted molar refractivity (Wildman–Crippen MR) is 128 cm³/mol. The molecule has 3 aromatic carbocycles. The third-order valence-electron chi connectivity index (χ3n) is 4.87. The molecule has 0 aliphatic rings. The highest BCUT2D eigenvalue weighted by Crippen LogP contribution is 2.37. The van der Waals surface area contributed by atoms with Crippen molar-refractivity contribution in [2.45, 2.75) is 13.1 Å². The lowest BCUT2D eigenvalue weighted by Gasteiger charge is -2.18. The highest BCUT2D eigenvalue weighted by molar-refractivity contribution is 6.33. The maximum absolute atomic E-state index is 12.8. The molecule has 1 amide bonds. The van der Waals surface area contributed by atoms with Crippen LogP contribution in [0, 0.1) is 6.57 Å². The van der Waals surface area contributed by atoms with Crippen LogP contribution in [-0.4, -0.2) is 32.8 Å². The van der Waals surface area contributed by atoms with Gasteiger partial charge in [0.1, 0.15) is 12.3 Å². The molecule has 33 heavy (non-hydrogen) atoms. The summed E-state index contributed by atoms with van der Waals surface area (Å²) in [5.41, 5.74) is 2.13.